The summed E-state index contributed by atoms with van der Waals surface area (Å²) in [5.74, 6) is -0.498. The molecule has 4 nitrogen and oxygen atoms in total. The smallest absolute Gasteiger partial charge is 0.320 e. The maximum absolute atomic E-state index is 13.0. The average molecular weight is 347 g/mol. The molecule has 2 heterocycles. The van der Waals surface area contributed by atoms with E-state index in [1.807, 2.05) is 32.0 Å². The maximum atomic E-state index is 13.0. The number of nitrogens with one attached hydrogen (secondary N) is 1. The van der Waals surface area contributed by atoms with Gasteiger partial charge in [0.2, 0.25) is 0 Å². The number of hydrogen-bond donors (Lipinski definition) is 1. The minimum atomic E-state index is -4.49. The molecule has 1 amide bonds. The lowest BCUT2D eigenvalue weighted by atomic mass is 10.1. The molecule has 0 aliphatic carbocycles. The van der Waals surface area contributed by atoms with Crippen LogP contribution in [-0.4, -0.2) is 15.3 Å². The molecular weight excluding hydrogens is 331 g/mol. The van der Waals surface area contributed by atoms with Crippen molar-refractivity contribution in [1.82, 2.24) is 9.38 Å². The van der Waals surface area contributed by atoms with E-state index in [0.29, 0.717) is 11.4 Å². The van der Waals surface area contributed by atoms with E-state index in [0.717, 1.165) is 23.4 Å². The van der Waals surface area contributed by atoms with Crippen LogP contribution in [0.4, 0.5) is 18.9 Å². The van der Waals surface area contributed by atoms with Crippen LogP contribution in [0.15, 0.2) is 36.5 Å². The molecule has 1 aromatic carbocycles. The molecule has 25 heavy (non-hydrogen) atoms. The molecule has 0 saturated heterocycles. The molecule has 1 N–H and O–H groups in total. The fourth-order valence-electron chi connectivity index (χ4n) is 2.79. The quantitative estimate of drug-likeness (QED) is 0.740. The monoisotopic (exact) mass is 347 g/mol. The Bertz CT molecular complexity index is 953. The minimum Gasteiger partial charge on any atom is -0.320 e. The number of nitrogens with zero attached hydrogens (tertiary/aromatic N) is 2. The maximum Gasteiger partial charge on any atom is 0.417 e. The molecule has 3 aromatic rings. The number of carbonyl (C=O) groups excluding carboxylic acids is 1. The van der Waals surface area contributed by atoms with Gasteiger partial charge in [-0.25, -0.2) is 4.98 Å². The van der Waals surface area contributed by atoms with Crippen molar-refractivity contribution in [2.24, 2.45) is 0 Å². The molecule has 0 aliphatic heterocycles. The normalized spacial score (nSPS) is 11.8. The van der Waals surface area contributed by atoms with Crippen LogP contribution >= 0.6 is 0 Å². The summed E-state index contributed by atoms with van der Waals surface area (Å²) in [7, 11) is 0. The molecule has 0 atom stereocenters. The summed E-state index contributed by atoms with van der Waals surface area (Å²) in [6.07, 6.45) is -3.60. The van der Waals surface area contributed by atoms with Crippen LogP contribution in [0.1, 0.15) is 32.9 Å². The van der Waals surface area contributed by atoms with Crippen LogP contribution in [-0.2, 0) is 6.18 Å². The van der Waals surface area contributed by atoms with Crippen LogP contribution in [0.2, 0.25) is 0 Å². The molecule has 0 radical (unpaired) electrons. The van der Waals surface area contributed by atoms with Crippen molar-refractivity contribution in [2.75, 3.05) is 5.32 Å². The second kappa shape index (κ2) is 5.91. The standard InChI is InChI=1S/C18H16F3N3O/c1-10-5-4-6-11(2)15(10)23-17(25)16-12(3)22-14-8-7-13(9-24(14)16)18(19,20)21/h4-9H,1-3H3,(H,23,25). The Hall–Kier alpha value is -2.83. The first-order chi connectivity index (χ1) is 11.7. The van der Waals surface area contributed by atoms with Crippen molar-refractivity contribution in [1.29, 1.82) is 0 Å². The van der Waals surface area contributed by atoms with E-state index in [9.17, 15) is 18.0 Å². The van der Waals surface area contributed by atoms with Crippen LogP contribution in [0.5, 0.6) is 0 Å². The van der Waals surface area contributed by atoms with E-state index >= 15 is 0 Å². The SMILES string of the molecule is Cc1cccc(C)c1NC(=O)c1c(C)nc2ccc(C(F)(F)F)cn12. The van der Waals surface area contributed by atoms with Gasteiger partial charge in [0.05, 0.1) is 11.3 Å². The van der Waals surface area contributed by atoms with Crippen LogP contribution in [0.3, 0.4) is 0 Å². The van der Waals surface area contributed by atoms with E-state index in [-0.39, 0.29) is 11.3 Å². The van der Waals surface area contributed by atoms with Crippen molar-refractivity contribution in [2.45, 2.75) is 26.9 Å². The van der Waals surface area contributed by atoms with E-state index < -0.39 is 17.6 Å². The molecule has 0 unspecified atom stereocenters. The molecule has 3 rings (SSSR count). The Morgan fingerprint density at radius 3 is 2.32 bits per heavy atom. The lowest BCUT2D eigenvalue weighted by Crippen LogP contribution is -2.17. The van der Waals surface area contributed by atoms with Gasteiger partial charge < -0.3 is 5.32 Å². The highest BCUT2D eigenvalue weighted by Crippen LogP contribution is 2.30. The fourth-order valence-corrected chi connectivity index (χ4v) is 2.79. The Labute approximate surface area is 142 Å². The highest BCUT2D eigenvalue weighted by molar-refractivity contribution is 6.05. The van der Waals surface area contributed by atoms with E-state index in [1.165, 1.54) is 10.5 Å². The number of pyridine rings is 1. The third kappa shape index (κ3) is 3.09. The molecule has 2 aromatic heterocycles. The van der Waals surface area contributed by atoms with Gasteiger partial charge in [-0.2, -0.15) is 13.2 Å². The molecule has 0 bridgehead atoms. The molecule has 0 spiro atoms. The number of halogens is 3. The summed E-state index contributed by atoms with van der Waals surface area (Å²) in [6, 6.07) is 7.79. The zero-order valence-electron chi connectivity index (χ0n) is 13.9. The lowest BCUT2D eigenvalue weighted by Gasteiger charge is -2.12. The largest absolute Gasteiger partial charge is 0.417 e. The van der Waals surface area contributed by atoms with Crippen molar-refractivity contribution in [3.05, 3.63) is 64.6 Å². The van der Waals surface area contributed by atoms with E-state index in [1.54, 1.807) is 6.92 Å². The average Bonchev–Trinajstić information content (AvgIpc) is 2.85. The number of amides is 1. The molecule has 0 fully saturated rings. The fraction of sp³-hybridized carbons (Fsp3) is 0.222. The number of carbonyl (C=O) groups is 1. The summed E-state index contributed by atoms with van der Waals surface area (Å²) in [4.78, 5) is 16.9. The van der Waals surface area contributed by atoms with Crippen molar-refractivity contribution < 1.29 is 18.0 Å². The van der Waals surface area contributed by atoms with E-state index in [4.69, 9.17) is 0 Å². The number of aryl methyl sites for hydroxylation is 3. The molecule has 130 valence electrons. The van der Waals surface area contributed by atoms with Crippen molar-refractivity contribution >= 4 is 17.2 Å². The number of imidazole rings is 1. The second-order valence-electron chi connectivity index (χ2n) is 5.91. The van der Waals surface area contributed by atoms with Crippen molar-refractivity contribution in [3.63, 3.8) is 0 Å². The molecular formula is C18H16F3N3O. The van der Waals surface area contributed by atoms with Gasteiger partial charge >= 0.3 is 6.18 Å². The van der Waals surface area contributed by atoms with Crippen LogP contribution in [0.25, 0.3) is 5.65 Å². The summed E-state index contributed by atoms with van der Waals surface area (Å²) >= 11 is 0. The molecule has 0 saturated carbocycles. The zero-order valence-corrected chi connectivity index (χ0v) is 13.9. The predicted octanol–water partition coefficient (Wildman–Crippen LogP) is 4.53. The van der Waals surface area contributed by atoms with Crippen molar-refractivity contribution in [3.8, 4) is 0 Å². The number of benzene rings is 1. The first-order valence-electron chi connectivity index (χ1n) is 7.62. The number of rotatable bonds is 2. The Morgan fingerprint density at radius 2 is 1.72 bits per heavy atom. The molecule has 0 aliphatic rings. The lowest BCUT2D eigenvalue weighted by molar-refractivity contribution is -0.137. The van der Waals surface area contributed by atoms with Crippen LogP contribution < -0.4 is 5.32 Å². The Kier molecular flexibility index (Phi) is 4.02. The number of alkyl halides is 3. The van der Waals surface area contributed by atoms with E-state index in [2.05, 4.69) is 10.3 Å². The number of aromatic nitrogens is 2. The van der Waals surface area contributed by atoms with Gasteiger partial charge in [0.1, 0.15) is 11.3 Å². The van der Waals surface area contributed by atoms with Gasteiger partial charge in [0, 0.05) is 11.9 Å². The summed E-state index contributed by atoms with van der Waals surface area (Å²) in [5, 5.41) is 2.79. The van der Waals surface area contributed by atoms with Gasteiger partial charge in [0.25, 0.3) is 5.91 Å². The third-order valence-electron chi connectivity index (χ3n) is 4.05. The highest BCUT2D eigenvalue weighted by atomic mass is 19.4. The summed E-state index contributed by atoms with van der Waals surface area (Å²) < 4.78 is 40.1. The van der Waals surface area contributed by atoms with Gasteiger partial charge in [0.15, 0.2) is 0 Å². The van der Waals surface area contributed by atoms with Gasteiger partial charge in [-0.1, -0.05) is 18.2 Å². The Morgan fingerprint density at radius 1 is 1.08 bits per heavy atom. The number of anilines is 1. The van der Waals surface area contributed by atoms with Gasteiger partial charge in [-0.05, 0) is 44.0 Å². The number of para-hydroxylation sites is 1. The molecule has 7 heteroatoms. The first-order valence-corrected chi connectivity index (χ1v) is 7.62. The summed E-state index contributed by atoms with van der Waals surface area (Å²) in [5.41, 5.74) is 2.29. The second-order valence-corrected chi connectivity index (χ2v) is 5.91. The topological polar surface area (TPSA) is 46.4 Å². The third-order valence-corrected chi connectivity index (χ3v) is 4.05. The predicted molar refractivity (Wildman–Crippen MR) is 88.8 cm³/mol. The van der Waals surface area contributed by atoms with Crippen LogP contribution in [0, 0.1) is 20.8 Å². The number of fused-ring (bicyclic) bond motifs is 1. The first kappa shape index (κ1) is 17.0. The highest BCUT2D eigenvalue weighted by Gasteiger charge is 2.31. The van der Waals surface area contributed by atoms with Gasteiger partial charge in [-0.3, -0.25) is 9.20 Å². The minimum absolute atomic E-state index is 0.0868. The zero-order chi connectivity index (χ0) is 18.4. The summed E-state index contributed by atoms with van der Waals surface area (Å²) in [6.45, 7) is 5.30. The Balaban J connectivity index is 2.08. The number of hydrogen-bond acceptors (Lipinski definition) is 2. The van der Waals surface area contributed by atoms with Gasteiger partial charge in [-0.15, -0.1) is 0 Å².